The number of nitriles is 1. The number of anilines is 1. The van der Waals surface area contributed by atoms with Crippen LogP contribution < -0.4 is 10.2 Å². The van der Waals surface area contributed by atoms with Crippen LogP contribution in [-0.2, 0) is 23.4 Å². The highest BCUT2D eigenvalue weighted by Gasteiger charge is 2.45. The minimum atomic E-state index is -3.28. The van der Waals surface area contributed by atoms with Gasteiger partial charge < -0.3 is 15.6 Å². The highest BCUT2D eigenvalue weighted by Crippen LogP contribution is 2.37. The fourth-order valence-electron chi connectivity index (χ4n) is 5.90. The number of aryl methyl sites for hydroxylation is 1. The maximum absolute atomic E-state index is 12.3. The summed E-state index contributed by atoms with van der Waals surface area (Å²) >= 11 is 0. The maximum Gasteiger partial charge on any atom is 0.175 e. The number of piperidine rings is 1. The molecule has 3 fully saturated rings. The number of dihydropyridines is 1. The number of fused-ring (bicyclic) bond motifs is 2. The van der Waals surface area contributed by atoms with Gasteiger partial charge in [0.2, 0.25) is 0 Å². The Kier molecular flexibility index (Phi) is 6.81. The van der Waals surface area contributed by atoms with Crippen LogP contribution in [0.15, 0.2) is 83.4 Å². The average molecular weight is 567 g/mol. The summed E-state index contributed by atoms with van der Waals surface area (Å²) in [5, 5.41) is 24.8. The first-order chi connectivity index (χ1) is 19.7. The number of hydrogen-bond donors (Lipinski definition) is 2. The first-order valence-corrected chi connectivity index (χ1v) is 15.2. The van der Waals surface area contributed by atoms with E-state index in [9.17, 15) is 13.7 Å². The van der Waals surface area contributed by atoms with Crippen molar-refractivity contribution in [2.45, 2.75) is 29.9 Å². The molecule has 4 aliphatic heterocycles. The van der Waals surface area contributed by atoms with E-state index in [-0.39, 0.29) is 5.57 Å². The van der Waals surface area contributed by atoms with E-state index < -0.39 is 9.84 Å². The molecule has 2 aromatic heterocycles. The lowest BCUT2D eigenvalue weighted by molar-refractivity contribution is -0.00931. The smallest absolute Gasteiger partial charge is 0.175 e. The number of hydrogen-bond acceptors (Lipinski definition) is 9. The molecule has 0 radical (unpaired) electrons. The van der Waals surface area contributed by atoms with Crippen LogP contribution in [0.3, 0.4) is 0 Å². The number of aromatic nitrogens is 3. The third-order valence-corrected chi connectivity index (χ3v) is 9.16. The number of allylic oxidation sites excluding steroid dienone is 4. The summed E-state index contributed by atoms with van der Waals surface area (Å²) in [6.07, 6.45) is 12.7. The molecule has 11 heteroatoms. The van der Waals surface area contributed by atoms with Crippen molar-refractivity contribution in [1.82, 2.24) is 25.0 Å². The summed E-state index contributed by atoms with van der Waals surface area (Å²) in [5.74, 6) is 0.880. The molecule has 2 N–H and O–H groups in total. The molecule has 208 valence electrons. The van der Waals surface area contributed by atoms with Crippen molar-refractivity contribution in [3.8, 4) is 6.07 Å². The normalized spacial score (nSPS) is 21.6. The van der Waals surface area contributed by atoms with Gasteiger partial charge in [-0.15, -0.1) is 0 Å². The molecule has 0 aliphatic carbocycles. The fraction of sp³-hybridized carbons (Fsp3) is 0.267. The van der Waals surface area contributed by atoms with E-state index in [1.807, 2.05) is 56.0 Å². The number of pyridine rings is 1. The molecule has 10 nitrogen and oxygen atoms in total. The van der Waals surface area contributed by atoms with E-state index in [2.05, 4.69) is 26.3 Å². The lowest BCUT2D eigenvalue weighted by Crippen LogP contribution is -2.68. The SMILES string of the molecule is Cn1cc(C2=CN/C(=C(/C#N)C=N)C(c3ccc(N4CC5CC(C4)N5Cc4ccccc4S(C)(=O)=O)nc3)=C2)cn1. The first-order valence-electron chi connectivity index (χ1n) is 13.3. The van der Waals surface area contributed by atoms with Gasteiger partial charge in [0.1, 0.15) is 11.9 Å². The lowest BCUT2D eigenvalue weighted by atomic mass is 9.86. The Hall–Kier alpha value is -4.53. The Morgan fingerprint density at radius 3 is 2.59 bits per heavy atom. The van der Waals surface area contributed by atoms with E-state index in [4.69, 9.17) is 10.4 Å². The Labute approximate surface area is 239 Å². The summed E-state index contributed by atoms with van der Waals surface area (Å²) < 4.78 is 26.3. The standard InChI is InChI=1S/C30H30N8O2S/c1-36-16-24(15-35-36)22-9-27(30(34-14-22)23(11-31)12-32)20-7-8-29(33-13-20)37-18-25-10-26(19-37)38(25)17-21-5-3-4-6-28(21)41(2,39)40/h3-9,11,13-16,25-26,31,34H,10,17-19H2,1-2H3/b30-23+,31-11?. The molecule has 3 saturated heterocycles. The molecule has 2 unspecified atom stereocenters. The van der Waals surface area contributed by atoms with E-state index in [0.29, 0.717) is 29.2 Å². The van der Waals surface area contributed by atoms with E-state index in [1.165, 1.54) is 6.26 Å². The quantitative estimate of drug-likeness (QED) is 0.330. The summed E-state index contributed by atoms with van der Waals surface area (Å²) in [7, 11) is -1.42. The predicted molar refractivity (Wildman–Crippen MR) is 157 cm³/mol. The maximum atomic E-state index is 12.3. The van der Waals surface area contributed by atoms with Crippen LogP contribution in [0.2, 0.25) is 0 Å². The molecule has 0 saturated carbocycles. The molecule has 2 bridgehead atoms. The molecule has 3 aromatic rings. The minimum Gasteiger partial charge on any atom is -0.359 e. The van der Waals surface area contributed by atoms with Crippen LogP contribution in [0.4, 0.5) is 5.82 Å². The lowest BCUT2D eigenvalue weighted by Gasteiger charge is -2.56. The van der Waals surface area contributed by atoms with Crippen molar-refractivity contribution in [3.05, 3.63) is 95.2 Å². The Morgan fingerprint density at radius 1 is 1.17 bits per heavy atom. The molecule has 0 amide bonds. The second-order valence-corrected chi connectivity index (χ2v) is 12.6. The minimum absolute atomic E-state index is 0.232. The summed E-state index contributed by atoms with van der Waals surface area (Å²) in [5.41, 5.74) is 5.11. The van der Waals surface area contributed by atoms with Gasteiger partial charge in [0.15, 0.2) is 9.84 Å². The summed E-state index contributed by atoms with van der Waals surface area (Å²) in [4.78, 5) is 9.89. The zero-order chi connectivity index (χ0) is 28.7. The van der Waals surface area contributed by atoms with Crippen molar-refractivity contribution in [1.29, 1.82) is 10.7 Å². The first kappa shape index (κ1) is 26.7. The van der Waals surface area contributed by atoms with Gasteiger partial charge in [-0.05, 0) is 36.3 Å². The van der Waals surface area contributed by atoms with Crippen LogP contribution in [0.5, 0.6) is 0 Å². The summed E-state index contributed by atoms with van der Waals surface area (Å²) in [6, 6.07) is 14.0. The van der Waals surface area contributed by atoms with Gasteiger partial charge in [0, 0.05) is 92.1 Å². The average Bonchev–Trinajstić information content (AvgIpc) is 3.42. The predicted octanol–water partition coefficient (Wildman–Crippen LogP) is 3.14. The number of benzene rings is 1. The van der Waals surface area contributed by atoms with Crippen molar-refractivity contribution in [2.75, 3.05) is 24.2 Å². The number of sulfone groups is 1. The molecule has 0 spiro atoms. The molecular weight excluding hydrogens is 536 g/mol. The van der Waals surface area contributed by atoms with E-state index >= 15 is 0 Å². The van der Waals surface area contributed by atoms with Crippen LogP contribution in [0, 0.1) is 16.7 Å². The third kappa shape index (κ3) is 5.08. The molecular formula is C30H30N8O2S. The fourth-order valence-corrected chi connectivity index (χ4v) is 6.84. The third-order valence-electron chi connectivity index (χ3n) is 7.97. The van der Waals surface area contributed by atoms with Gasteiger partial charge in [-0.1, -0.05) is 18.2 Å². The molecule has 2 atom stereocenters. The number of nitrogens with one attached hydrogen (secondary N) is 2. The molecule has 6 heterocycles. The Balaban J connectivity index is 1.21. The van der Waals surface area contributed by atoms with Crippen molar-refractivity contribution < 1.29 is 8.42 Å². The second kappa shape index (κ2) is 10.5. The van der Waals surface area contributed by atoms with Crippen LogP contribution in [-0.4, -0.2) is 65.7 Å². The Bertz CT molecular complexity index is 1750. The zero-order valence-corrected chi connectivity index (χ0v) is 23.6. The van der Waals surface area contributed by atoms with Crippen molar-refractivity contribution in [2.24, 2.45) is 7.05 Å². The molecule has 1 aromatic carbocycles. The monoisotopic (exact) mass is 566 g/mol. The molecule has 4 aliphatic rings. The topological polar surface area (TPSA) is 131 Å². The van der Waals surface area contributed by atoms with Crippen LogP contribution in [0.25, 0.3) is 11.1 Å². The van der Waals surface area contributed by atoms with Gasteiger partial charge in [-0.3, -0.25) is 9.58 Å². The van der Waals surface area contributed by atoms with Gasteiger partial charge in [0.05, 0.1) is 22.4 Å². The molecule has 41 heavy (non-hydrogen) atoms. The largest absolute Gasteiger partial charge is 0.359 e. The Morgan fingerprint density at radius 2 is 1.95 bits per heavy atom. The number of rotatable bonds is 7. The van der Waals surface area contributed by atoms with Crippen LogP contribution in [0.1, 0.15) is 23.1 Å². The highest BCUT2D eigenvalue weighted by atomic mass is 32.2. The number of piperazine rings is 1. The van der Waals surface area contributed by atoms with Gasteiger partial charge in [0.25, 0.3) is 0 Å². The van der Waals surface area contributed by atoms with E-state index in [1.54, 1.807) is 23.0 Å². The number of nitrogens with zero attached hydrogens (tertiary/aromatic N) is 6. The second-order valence-electron chi connectivity index (χ2n) is 10.7. The zero-order valence-electron chi connectivity index (χ0n) is 22.8. The van der Waals surface area contributed by atoms with E-state index in [0.717, 1.165) is 59.4 Å². The molecule has 7 rings (SSSR count). The van der Waals surface area contributed by atoms with Crippen LogP contribution >= 0.6 is 0 Å². The van der Waals surface area contributed by atoms with Gasteiger partial charge in [-0.25, -0.2) is 13.4 Å². The summed E-state index contributed by atoms with van der Waals surface area (Å²) in [6.45, 7) is 2.26. The van der Waals surface area contributed by atoms with Crippen molar-refractivity contribution >= 4 is 33.0 Å². The van der Waals surface area contributed by atoms with Gasteiger partial charge in [-0.2, -0.15) is 10.4 Å². The highest BCUT2D eigenvalue weighted by molar-refractivity contribution is 7.90. The van der Waals surface area contributed by atoms with Gasteiger partial charge >= 0.3 is 0 Å². The van der Waals surface area contributed by atoms with Crippen molar-refractivity contribution in [3.63, 3.8) is 0 Å².